The van der Waals surface area contributed by atoms with E-state index < -0.39 is 0 Å². The lowest BCUT2D eigenvalue weighted by atomic mass is 10.1. The Labute approximate surface area is 84.6 Å². The zero-order chi connectivity index (χ0) is 9.80. The lowest BCUT2D eigenvalue weighted by Crippen LogP contribution is -2.36. The van der Waals surface area contributed by atoms with E-state index in [1.54, 1.807) is 6.34 Å². The van der Waals surface area contributed by atoms with E-state index in [0.717, 1.165) is 25.9 Å². The molecule has 1 unspecified atom stereocenters. The summed E-state index contributed by atoms with van der Waals surface area (Å²) >= 11 is 0. The summed E-state index contributed by atoms with van der Waals surface area (Å²) in [5.74, 6) is 0. The molecule has 1 atom stereocenters. The Hall–Kier alpha value is -0.870. The Bertz CT molecular complexity index is 220. The van der Waals surface area contributed by atoms with Crippen molar-refractivity contribution in [2.24, 2.45) is 4.99 Å². The van der Waals surface area contributed by atoms with Gasteiger partial charge in [0.15, 0.2) is 6.23 Å². The number of rotatable bonds is 2. The van der Waals surface area contributed by atoms with Crippen LogP contribution in [0.15, 0.2) is 17.3 Å². The Morgan fingerprint density at radius 1 is 1.43 bits per heavy atom. The zero-order valence-corrected chi connectivity index (χ0v) is 8.52. The van der Waals surface area contributed by atoms with Crippen LogP contribution >= 0.6 is 0 Å². The van der Waals surface area contributed by atoms with Crippen molar-refractivity contribution in [3.05, 3.63) is 12.3 Å². The summed E-state index contributed by atoms with van der Waals surface area (Å²) in [4.78, 5) is 6.52. The highest BCUT2D eigenvalue weighted by Gasteiger charge is 2.19. The standard InChI is InChI=1S/C10H17N3O/c1-13-6-3-9(4-7-13)14-10-2-5-11-8-12-10/h2,5,8-10H,3-4,6-7H2,1H3,(H,11,12). The Kier molecular flexibility index (Phi) is 3.16. The van der Waals surface area contributed by atoms with E-state index in [-0.39, 0.29) is 6.23 Å². The summed E-state index contributed by atoms with van der Waals surface area (Å²) in [6, 6.07) is 0. The summed E-state index contributed by atoms with van der Waals surface area (Å²) in [6.07, 6.45) is 8.01. The van der Waals surface area contributed by atoms with E-state index in [4.69, 9.17) is 4.74 Å². The van der Waals surface area contributed by atoms with Gasteiger partial charge < -0.3 is 15.0 Å². The molecule has 2 aliphatic rings. The molecule has 1 fully saturated rings. The Morgan fingerprint density at radius 3 is 2.86 bits per heavy atom. The van der Waals surface area contributed by atoms with Crippen LogP contribution < -0.4 is 5.32 Å². The van der Waals surface area contributed by atoms with Gasteiger partial charge in [0.2, 0.25) is 0 Å². The number of piperidine rings is 1. The molecule has 0 bridgehead atoms. The summed E-state index contributed by atoms with van der Waals surface area (Å²) in [6.45, 7) is 2.26. The number of hydrogen-bond acceptors (Lipinski definition) is 4. The quantitative estimate of drug-likeness (QED) is 0.700. The molecule has 2 rings (SSSR count). The van der Waals surface area contributed by atoms with Gasteiger partial charge >= 0.3 is 0 Å². The fourth-order valence-electron chi connectivity index (χ4n) is 1.75. The molecule has 0 radical (unpaired) electrons. The van der Waals surface area contributed by atoms with Gasteiger partial charge in [-0.15, -0.1) is 0 Å². The highest BCUT2D eigenvalue weighted by molar-refractivity contribution is 5.57. The first-order chi connectivity index (χ1) is 6.84. The minimum absolute atomic E-state index is 0.0790. The average Bonchev–Trinajstić information content (AvgIpc) is 2.23. The molecular formula is C10H17N3O. The molecule has 0 aromatic heterocycles. The van der Waals surface area contributed by atoms with Crippen molar-refractivity contribution >= 4 is 6.34 Å². The second kappa shape index (κ2) is 4.57. The van der Waals surface area contributed by atoms with E-state index in [9.17, 15) is 0 Å². The fraction of sp³-hybridized carbons (Fsp3) is 0.700. The summed E-state index contributed by atoms with van der Waals surface area (Å²) in [7, 11) is 2.15. The third-order valence-corrected chi connectivity index (χ3v) is 2.65. The van der Waals surface area contributed by atoms with Crippen molar-refractivity contribution < 1.29 is 4.74 Å². The second-order valence-corrected chi connectivity index (χ2v) is 3.83. The molecule has 1 saturated heterocycles. The Balaban J connectivity index is 1.77. The number of ether oxygens (including phenoxy) is 1. The van der Waals surface area contributed by atoms with Gasteiger partial charge in [0.05, 0.1) is 12.4 Å². The van der Waals surface area contributed by atoms with Gasteiger partial charge in [-0.1, -0.05) is 0 Å². The SMILES string of the molecule is CN1CCC(OC2C=CNC=N2)CC1. The van der Waals surface area contributed by atoms with Crippen molar-refractivity contribution in [3.63, 3.8) is 0 Å². The first-order valence-electron chi connectivity index (χ1n) is 5.13. The smallest absolute Gasteiger partial charge is 0.171 e. The van der Waals surface area contributed by atoms with Crippen molar-refractivity contribution in [3.8, 4) is 0 Å². The molecule has 0 aromatic carbocycles. The molecule has 0 saturated carbocycles. The maximum atomic E-state index is 5.83. The predicted octanol–water partition coefficient (Wildman–Crippen LogP) is 0.568. The fourth-order valence-corrected chi connectivity index (χ4v) is 1.75. The van der Waals surface area contributed by atoms with Gasteiger partial charge in [-0.2, -0.15) is 0 Å². The number of likely N-dealkylation sites (tertiary alicyclic amines) is 1. The van der Waals surface area contributed by atoms with E-state index in [2.05, 4.69) is 22.3 Å². The van der Waals surface area contributed by atoms with Crippen LogP contribution in [-0.4, -0.2) is 43.7 Å². The van der Waals surface area contributed by atoms with Crippen LogP contribution in [0, 0.1) is 0 Å². The second-order valence-electron chi connectivity index (χ2n) is 3.83. The van der Waals surface area contributed by atoms with Gasteiger partial charge in [-0.25, -0.2) is 4.99 Å². The monoisotopic (exact) mass is 195 g/mol. The average molecular weight is 195 g/mol. The lowest BCUT2D eigenvalue weighted by Gasteiger charge is -2.30. The normalized spacial score (nSPS) is 29.1. The number of nitrogens with one attached hydrogen (secondary N) is 1. The molecule has 4 heteroatoms. The van der Waals surface area contributed by atoms with Crippen molar-refractivity contribution in [1.82, 2.24) is 10.2 Å². The predicted molar refractivity (Wildman–Crippen MR) is 56.2 cm³/mol. The molecule has 0 aliphatic carbocycles. The third-order valence-electron chi connectivity index (χ3n) is 2.65. The molecular weight excluding hydrogens is 178 g/mol. The Morgan fingerprint density at radius 2 is 2.21 bits per heavy atom. The van der Waals surface area contributed by atoms with E-state index in [0.29, 0.717) is 6.10 Å². The summed E-state index contributed by atoms with van der Waals surface area (Å²) in [5.41, 5.74) is 0. The van der Waals surface area contributed by atoms with Crippen molar-refractivity contribution in [2.45, 2.75) is 25.2 Å². The van der Waals surface area contributed by atoms with Crippen LogP contribution in [0.1, 0.15) is 12.8 Å². The maximum Gasteiger partial charge on any atom is 0.171 e. The third kappa shape index (κ3) is 2.56. The number of nitrogens with zero attached hydrogens (tertiary/aromatic N) is 2. The van der Waals surface area contributed by atoms with Crippen LogP contribution in [0.25, 0.3) is 0 Å². The molecule has 1 N–H and O–H groups in total. The molecule has 0 amide bonds. The number of aliphatic imine (C=N–C) groups is 1. The van der Waals surface area contributed by atoms with Gasteiger partial charge in [-0.05, 0) is 26.0 Å². The van der Waals surface area contributed by atoms with Crippen molar-refractivity contribution in [2.75, 3.05) is 20.1 Å². The van der Waals surface area contributed by atoms with Crippen LogP contribution in [0.2, 0.25) is 0 Å². The summed E-state index contributed by atoms with van der Waals surface area (Å²) < 4.78 is 5.83. The highest BCUT2D eigenvalue weighted by atomic mass is 16.5. The van der Waals surface area contributed by atoms with Gasteiger partial charge in [0, 0.05) is 19.3 Å². The van der Waals surface area contributed by atoms with Crippen molar-refractivity contribution in [1.29, 1.82) is 0 Å². The molecule has 2 heterocycles. The van der Waals surface area contributed by atoms with Gasteiger partial charge in [0.1, 0.15) is 0 Å². The first kappa shape index (κ1) is 9.68. The first-order valence-corrected chi connectivity index (χ1v) is 5.13. The van der Waals surface area contributed by atoms with Crippen LogP contribution in [0.5, 0.6) is 0 Å². The zero-order valence-electron chi connectivity index (χ0n) is 8.52. The molecule has 0 spiro atoms. The van der Waals surface area contributed by atoms with E-state index in [1.165, 1.54) is 0 Å². The number of hydrogen-bond donors (Lipinski definition) is 1. The van der Waals surface area contributed by atoms with Crippen LogP contribution in [-0.2, 0) is 4.74 Å². The van der Waals surface area contributed by atoms with Gasteiger partial charge in [-0.3, -0.25) is 0 Å². The minimum atomic E-state index is -0.0790. The molecule has 78 valence electrons. The van der Waals surface area contributed by atoms with Crippen LogP contribution in [0.3, 0.4) is 0 Å². The molecule has 14 heavy (non-hydrogen) atoms. The largest absolute Gasteiger partial charge is 0.353 e. The molecule has 2 aliphatic heterocycles. The molecule has 4 nitrogen and oxygen atoms in total. The lowest BCUT2D eigenvalue weighted by molar-refractivity contribution is -0.0157. The van der Waals surface area contributed by atoms with Gasteiger partial charge in [0.25, 0.3) is 0 Å². The summed E-state index contributed by atoms with van der Waals surface area (Å²) in [5, 5.41) is 2.90. The van der Waals surface area contributed by atoms with E-state index in [1.807, 2.05) is 12.3 Å². The van der Waals surface area contributed by atoms with Crippen LogP contribution in [0.4, 0.5) is 0 Å². The molecule has 0 aromatic rings. The van der Waals surface area contributed by atoms with E-state index >= 15 is 0 Å². The highest BCUT2D eigenvalue weighted by Crippen LogP contribution is 2.15. The maximum absolute atomic E-state index is 5.83. The minimum Gasteiger partial charge on any atom is -0.353 e. The topological polar surface area (TPSA) is 36.9 Å².